The van der Waals surface area contributed by atoms with Gasteiger partial charge < -0.3 is 4.90 Å². The third-order valence-corrected chi connectivity index (χ3v) is 9.58. The smallest absolute Gasteiger partial charge is 0.335 e. The second-order valence-corrected chi connectivity index (χ2v) is 13.3. The van der Waals surface area contributed by atoms with Crippen molar-refractivity contribution in [2.75, 3.05) is 19.6 Å². The van der Waals surface area contributed by atoms with Gasteiger partial charge in [0, 0.05) is 22.3 Å². The molecule has 0 bridgehead atoms. The standard InChI is InChI=1S/C28H16BF12.C12H27N/c30-25(31,32)17-9-1-5-13-21(17)29(22-14-6-2-10-18(22)26(33,34)35,23-15-7-3-11-19(23)27(36,37)38)24-16-8-4-12-20(24)28(39,40)41;1-4-7-10-13(11-8-5-2)12-9-6-3/h1-16H;4-12H2,1-3H3/q-1;/p+1. The van der Waals surface area contributed by atoms with E-state index in [9.17, 15) is 52.7 Å². The van der Waals surface area contributed by atoms with Gasteiger partial charge in [-0.25, -0.2) is 0 Å². The Kier molecular flexibility index (Phi) is 15.3. The molecule has 0 radical (unpaired) electrons. The van der Waals surface area contributed by atoms with Crippen LogP contribution in [0.15, 0.2) is 97.1 Å². The van der Waals surface area contributed by atoms with Gasteiger partial charge in [-0.05, 0) is 19.3 Å². The third kappa shape index (κ3) is 10.6. The fourth-order valence-corrected chi connectivity index (χ4v) is 7.19. The lowest BCUT2D eigenvalue weighted by Gasteiger charge is -2.48. The molecule has 1 nitrogen and oxygen atoms in total. The Labute approximate surface area is 308 Å². The van der Waals surface area contributed by atoms with Crippen LogP contribution in [0, 0.1) is 0 Å². The van der Waals surface area contributed by atoms with Crippen molar-refractivity contribution in [2.45, 2.75) is 84.0 Å². The van der Waals surface area contributed by atoms with Crippen LogP contribution in [0.3, 0.4) is 0 Å². The van der Waals surface area contributed by atoms with Crippen molar-refractivity contribution in [3.8, 4) is 0 Å². The van der Waals surface area contributed by atoms with Crippen molar-refractivity contribution in [3.63, 3.8) is 0 Å². The van der Waals surface area contributed by atoms with Gasteiger partial charge in [-0.15, -0.1) is 0 Å². The Morgan fingerprint density at radius 3 is 0.759 bits per heavy atom. The second kappa shape index (κ2) is 18.6. The molecule has 0 amide bonds. The lowest BCUT2D eigenvalue weighted by molar-refractivity contribution is -0.900. The first-order valence-corrected chi connectivity index (χ1v) is 17.9. The van der Waals surface area contributed by atoms with E-state index in [0.717, 1.165) is 48.5 Å². The maximum Gasteiger partial charge on any atom is 0.413 e. The summed E-state index contributed by atoms with van der Waals surface area (Å²) in [5.41, 5.74) is -11.5. The summed E-state index contributed by atoms with van der Waals surface area (Å²) in [5, 5.41) is 0. The van der Waals surface area contributed by atoms with Crippen molar-refractivity contribution in [1.29, 1.82) is 0 Å². The van der Waals surface area contributed by atoms with E-state index in [1.807, 2.05) is 4.90 Å². The lowest BCUT2D eigenvalue weighted by Crippen LogP contribution is -3.12. The molecule has 0 saturated carbocycles. The quantitative estimate of drug-likeness (QED) is 0.102. The molecular weight excluding hydrogens is 733 g/mol. The summed E-state index contributed by atoms with van der Waals surface area (Å²) in [6.45, 7) is 11.1. The molecule has 4 aromatic carbocycles. The maximum atomic E-state index is 14.5. The van der Waals surface area contributed by atoms with Crippen LogP contribution in [0.2, 0.25) is 0 Å². The highest BCUT2D eigenvalue weighted by molar-refractivity contribution is 7.20. The molecule has 0 heterocycles. The van der Waals surface area contributed by atoms with Gasteiger partial charge in [0.2, 0.25) is 0 Å². The minimum Gasteiger partial charge on any atom is -0.335 e. The Morgan fingerprint density at radius 1 is 0.370 bits per heavy atom. The van der Waals surface area contributed by atoms with Crippen molar-refractivity contribution >= 4 is 28.0 Å². The van der Waals surface area contributed by atoms with Crippen LogP contribution in [0.4, 0.5) is 52.7 Å². The van der Waals surface area contributed by atoms with Crippen molar-refractivity contribution in [2.24, 2.45) is 0 Å². The summed E-state index contributed by atoms with van der Waals surface area (Å²) >= 11 is 0. The molecule has 0 atom stereocenters. The Balaban J connectivity index is 0.000000515. The Bertz CT molecular complexity index is 1500. The number of alkyl halides is 12. The number of hydrogen-bond acceptors (Lipinski definition) is 0. The first-order chi connectivity index (χ1) is 25.3. The predicted octanol–water partition coefficient (Wildman–Crippen LogP) is 9.41. The molecule has 4 rings (SSSR count). The zero-order valence-corrected chi connectivity index (χ0v) is 30.2. The number of benzene rings is 4. The van der Waals surface area contributed by atoms with Crippen molar-refractivity contribution in [3.05, 3.63) is 119 Å². The van der Waals surface area contributed by atoms with Crippen molar-refractivity contribution < 1.29 is 57.6 Å². The van der Waals surface area contributed by atoms with Crippen LogP contribution in [-0.4, -0.2) is 25.8 Å². The molecule has 0 aliphatic carbocycles. The topological polar surface area (TPSA) is 4.44 Å². The molecule has 14 heteroatoms. The van der Waals surface area contributed by atoms with Crippen molar-refractivity contribution in [1.82, 2.24) is 0 Å². The largest absolute Gasteiger partial charge is 0.413 e. The minimum atomic E-state index is -5.38. The normalized spacial score (nSPS) is 12.8. The van der Waals surface area contributed by atoms with Gasteiger partial charge >= 0.3 is 24.7 Å². The fourth-order valence-electron chi connectivity index (χ4n) is 7.19. The number of halogens is 12. The predicted molar refractivity (Wildman–Crippen MR) is 190 cm³/mol. The summed E-state index contributed by atoms with van der Waals surface area (Å²) in [6, 6.07) is 11.2. The molecule has 296 valence electrons. The molecule has 0 aromatic heterocycles. The molecule has 54 heavy (non-hydrogen) atoms. The summed E-state index contributed by atoms with van der Waals surface area (Å²) in [5.74, 6) is 0. The molecule has 0 aliphatic heterocycles. The third-order valence-electron chi connectivity index (χ3n) is 9.58. The van der Waals surface area contributed by atoms with Gasteiger partial charge in [0.1, 0.15) is 6.15 Å². The molecule has 0 aliphatic rings. The molecule has 1 N–H and O–H groups in total. The molecule has 4 aromatic rings. The first-order valence-electron chi connectivity index (χ1n) is 17.9. The highest BCUT2D eigenvalue weighted by atomic mass is 19.4. The van der Waals surface area contributed by atoms with Gasteiger partial charge in [-0.3, -0.25) is 0 Å². The molecule has 0 fully saturated rings. The highest BCUT2D eigenvalue weighted by Gasteiger charge is 2.49. The van der Waals surface area contributed by atoms with Gasteiger partial charge in [-0.1, -0.05) is 137 Å². The average molecular weight is 778 g/mol. The Hall–Kier alpha value is -3.94. The maximum absolute atomic E-state index is 14.5. The van der Waals surface area contributed by atoms with E-state index < -0.39 is 75.0 Å². The van der Waals surface area contributed by atoms with E-state index in [0.29, 0.717) is 48.5 Å². The van der Waals surface area contributed by atoms with E-state index in [4.69, 9.17) is 0 Å². The van der Waals surface area contributed by atoms with E-state index in [1.165, 1.54) is 58.2 Å². The minimum absolute atomic E-state index is 0.411. The zero-order chi connectivity index (χ0) is 40.4. The number of quaternary nitrogens is 1. The molecule has 0 spiro atoms. The summed E-state index contributed by atoms with van der Waals surface area (Å²) in [6.07, 6.45) is -17.7. The fraction of sp³-hybridized carbons (Fsp3) is 0.400. The van der Waals surface area contributed by atoms with Gasteiger partial charge in [0.05, 0.1) is 19.6 Å². The van der Waals surface area contributed by atoms with E-state index >= 15 is 0 Å². The van der Waals surface area contributed by atoms with Gasteiger partial charge in [0.25, 0.3) is 0 Å². The molecular formula is C40H44BF12N. The van der Waals surface area contributed by atoms with Crippen LogP contribution in [-0.2, 0) is 24.7 Å². The van der Waals surface area contributed by atoms with Crippen LogP contribution >= 0.6 is 0 Å². The first kappa shape index (κ1) is 44.5. The summed E-state index contributed by atoms with van der Waals surface area (Å²) in [4.78, 5) is 1.84. The van der Waals surface area contributed by atoms with Crippen LogP contribution in [0.1, 0.15) is 81.5 Å². The molecule has 0 saturated heterocycles. The van der Waals surface area contributed by atoms with Gasteiger partial charge in [0.15, 0.2) is 0 Å². The van der Waals surface area contributed by atoms with Gasteiger partial charge in [-0.2, -0.15) is 74.5 Å². The highest BCUT2D eigenvalue weighted by Crippen LogP contribution is 2.37. The summed E-state index contributed by atoms with van der Waals surface area (Å²) in [7, 11) is 0. The van der Waals surface area contributed by atoms with Crippen LogP contribution in [0.5, 0.6) is 0 Å². The van der Waals surface area contributed by atoms with E-state index in [2.05, 4.69) is 20.8 Å². The van der Waals surface area contributed by atoms with Crippen LogP contribution in [0.25, 0.3) is 0 Å². The summed E-state index contributed by atoms with van der Waals surface area (Å²) < 4.78 is 174. The number of unbranched alkanes of at least 4 members (excludes halogenated alkanes) is 3. The SMILES string of the molecule is CCCC[NH+](CCCC)CCCC.FC(F)(F)c1ccccc1[B-](c1ccccc1C(F)(F)F)(c1ccccc1C(F)(F)F)c1ccccc1C(F)(F)F. The zero-order valence-electron chi connectivity index (χ0n) is 30.2. The second-order valence-electron chi connectivity index (χ2n) is 13.3. The Morgan fingerprint density at radius 2 is 0.574 bits per heavy atom. The van der Waals surface area contributed by atoms with E-state index in [-0.39, 0.29) is 0 Å². The average Bonchev–Trinajstić information content (AvgIpc) is 3.11. The van der Waals surface area contributed by atoms with Crippen LogP contribution < -0.4 is 26.8 Å². The number of rotatable bonds is 13. The number of hydrogen-bond donors (Lipinski definition) is 1. The van der Waals surface area contributed by atoms with E-state index in [1.54, 1.807) is 0 Å². The monoisotopic (exact) mass is 777 g/mol. The molecule has 0 unspecified atom stereocenters. The lowest BCUT2D eigenvalue weighted by atomic mass is 9.11. The number of nitrogens with one attached hydrogen (secondary N) is 1.